The monoisotopic (exact) mass is 504 g/mol. The SMILES string of the molecule is COC(=O)c1ccc(C2C(C(=O)c3ccc(Cl)cc3)C(=O)C(=O)N2c2nc3ccccc3s2)cc1. The minimum atomic E-state index is -1.29. The third-order valence-electron chi connectivity index (χ3n) is 5.88. The molecule has 9 heteroatoms. The van der Waals surface area contributed by atoms with Crippen LogP contribution in [-0.4, -0.2) is 35.5 Å². The molecular formula is C26H17ClN2O5S. The van der Waals surface area contributed by atoms with E-state index in [4.69, 9.17) is 16.3 Å². The Morgan fingerprint density at radius 3 is 2.26 bits per heavy atom. The predicted molar refractivity (Wildman–Crippen MR) is 132 cm³/mol. The first-order valence-corrected chi connectivity index (χ1v) is 11.8. The normalized spacial score (nSPS) is 17.7. The zero-order valence-corrected chi connectivity index (χ0v) is 19.9. The Labute approximate surface area is 208 Å². The molecule has 35 heavy (non-hydrogen) atoms. The van der Waals surface area contributed by atoms with Gasteiger partial charge in [-0.15, -0.1) is 0 Å². The van der Waals surface area contributed by atoms with Crippen molar-refractivity contribution in [3.8, 4) is 0 Å². The van der Waals surface area contributed by atoms with Crippen molar-refractivity contribution in [2.75, 3.05) is 12.0 Å². The Morgan fingerprint density at radius 2 is 1.60 bits per heavy atom. The fourth-order valence-corrected chi connectivity index (χ4v) is 5.30. The Hall–Kier alpha value is -3.88. The average Bonchev–Trinajstić information content (AvgIpc) is 3.42. The van der Waals surface area contributed by atoms with E-state index in [9.17, 15) is 19.2 Å². The molecule has 2 unspecified atom stereocenters. The predicted octanol–water partition coefficient (Wildman–Crippen LogP) is 4.89. The van der Waals surface area contributed by atoms with E-state index >= 15 is 0 Å². The van der Waals surface area contributed by atoms with Gasteiger partial charge in [-0.05, 0) is 54.1 Å². The highest BCUT2D eigenvalue weighted by atomic mass is 35.5. The summed E-state index contributed by atoms with van der Waals surface area (Å²) in [6, 6.07) is 18.9. The summed E-state index contributed by atoms with van der Waals surface area (Å²) in [5.74, 6) is -3.93. The highest BCUT2D eigenvalue weighted by Gasteiger charge is 2.53. The van der Waals surface area contributed by atoms with Crippen molar-refractivity contribution in [2.45, 2.75) is 6.04 Å². The van der Waals surface area contributed by atoms with Crippen molar-refractivity contribution in [3.63, 3.8) is 0 Å². The standard InChI is InChI=1S/C26H17ClN2O5S/c1-34-25(33)16-8-6-14(7-9-16)21-20(22(30)15-10-12-17(27)13-11-15)23(31)24(32)29(21)26-28-18-4-2-3-5-19(18)35-26/h2-13,20-21H,1H3. The second kappa shape index (κ2) is 9.05. The third-order valence-corrected chi connectivity index (χ3v) is 7.17. The van der Waals surface area contributed by atoms with Gasteiger partial charge in [0.25, 0.3) is 5.91 Å². The van der Waals surface area contributed by atoms with Crippen LogP contribution in [0.5, 0.6) is 0 Å². The third kappa shape index (κ3) is 4.00. The number of amides is 1. The molecule has 3 aromatic carbocycles. The van der Waals surface area contributed by atoms with Gasteiger partial charge in [0.2, 0.25) is 5.78 Å². The van der Waals surface area contributed by atoms with Crippen molar-refractivity contribution in [3.05, 3.63) is 94.5 Å². The molecule has 0 aliphatic carbocycles. The number of ether oxygens (including phenoxy) is 1. The molecule has 0 bridgehead atoms. The smallest absolute Gasteiger partial charge is 0.337 e. The summed E-state index contributed by atoms with van der Waals surface area (Å²) in [5.41, 5.74) is 1.77. The van der Waals surface area contributed by atoms with Gasteiger partial charge in [0.1, 0.15) is 5.92 Å². The molecule has 5 rings (SSSR count). The number of hydrogen-bond donors (Lipinski definition) is 0. The lowest BCUT2D eigenvalue weighted by molar-refractivity contribution is -0.135. The summed E-state index contributed by atoms with van der Waals surface area (Å²) < 4.78 is 5.60. The number of nitrogens with zero attached hydrogens (tertiary/aromatic N) is 2. The fraction of sp³-hybridized carbons (Fsp3) is 0.115. The van der Waals surface area contributed by atoms with E-state index in [1.807, 2.05) is 24.3 Å². The Bertz CT molecular complexity index is 1450. The number of thiazole rings is 1. The van der Waals surface area contributed by atoms with Crippen LogP contribution >= 0.6 is 22.9 Å². The molecular weight excluding hydrogens is 488 g/mol. The molecule has 2 atom stereocenters. The summed E-state index contributed by atoms with van der Waals surface area (Å²) in [6.07, 6.45) is 0. The number of esters is 1. The van der Waals surface area contributed by atoms with Crippen LogP contribution in [0.4, 0.5) is 5.13 Å². The summed E-state index contributed by atoms with van der Waals surface area (Å²) in [5, 5.41) is 0.763. The molecule has 1 saturated heterocycles. The summed E-state index contributed by atoms with van der Waals surface area (Å²) >= 11 is 7.22. The Kier molecular flexibility index (Phi) is 5.92. The van der Waals surface area contributed by atoms with Crippen LogP contribution in [0.25, 0.3) is 10.2 Å². The number of para-hydroxylation sites is 1. The van der Waals surface area contributed by atoms with Gasteiger partial charge in [0, 0.05) is 10.6 Å². The van der Waals surface area contributed by atoms with E-state index < -0.39 is 35.4 Å². The number of carbonyl (C=O) groups is 4. The maximum absolute atomic E-state index is 13.5. The minimum Gasteiger partial charge on any atom is -0.465 e. The Balaban J connectivity index is 1.64. The lowest BCUT2D eigenvalue weighted by atomic mass is 9.86. The number of methoxy groups -OCH3 is 1. The van der Waals surface area contributed by atoms with Crippen LogP contribution in [0.3, 0.4) is 0 Å². The lowest BCUT2D eigenvalue weighted by Crippen LogP contribution is -2.30. The summed E-state index contributed by atoms with van der Waals surface area (Å²) in [6.45, 7) is 0. The number of hydrogen-bond acceptors (Lipinski definition) is 7. The van der Waals surface area contributed by atoms with Crippen molar-refractivity contribution in [1.82, 2.24) is 4.98 Å². The van der Waals surface area contributed by atoms with E-state index in [1.54, 1.807) is 24.3 Å². The molecule has 2 heterocycles. The number of rotatable bonds is 5. The van der Waals surface area contributed by atoms with Crippen molar-refractivity contribution < 1.29 is 23.9 Å². The molecule has 1 aliphatic heterocycles. The van der Waals surface area contributed by atoms with Gasteiger partial charge in [-0.2, -0.15) is 0 Å². The van der Waals surface area contributed by atoms with Gasteiger partial charge >= 0.3 is 5.97 Å². The zero-order chi connectivity index (χ0) is 24.7. The number of ketones is 2. The Morgan fingerprint density at radius 1 is 0.943 bits per heavy atom. The number of Topliss-reactive ketones (excluding diaryl/α,β-unsaturated/α-hetero) is 2. The molecule has 1 fully saturated rings. The second-order valence-corrected chi connectivity index (χ2v) is 9.36. The molecule has 4 aromatic rings. The van der Waals surface area contributed by atoms with Crippen LogP contribution in [0, 0.1) is 5.92 Å². The van der Waals surface area contributed by atoms with E-state index in [0.29, 0.717) is 26.8 Å². The number of carbonyl (C=O) groups excluding carboxylic acids is 4. The number of halogens is 1. The molecule has 1 amide bonds. The van der Waals surface area contributed by atoms with E-state index in [-0.39, 0.29) is 5.56 Å². The maximum Gasteiger partial charge on any atom is 0.337 e. The largest absolute Gasteiger partial charge is 0.465 e. The molecule has 0 radical (unpaired) electrons. The van der Waals surface area contributed by atoms with Crippen LogP contribution in [0.2, 0.25) is 5.02 Å². The van der Waals surface area contributed by atoms with Gasteiger partial charge in [-0.25, -0.2) is 9.78 Å². The lowest BCUT2D eigenvalue weighted by Gasteiger charge is -2.25. The molecule has 174 valence electrons. The van der Waals surface area contributed by atoms with Crippen LogP contribution in [-0.2, 0) is 14.3 Å². The minimum absolute atomic E-state index is 0.267. The number of aromatic nitrogens is 1. The first-order valence-electron chi connectivity index (χ1n) is 10.6. The van der Waals surface area contributed by atoms with Gasteiger partial charge in [-0.1, -0.05) is 47.2 Å². The van der Waals surface area contributed by atoms with Gasteiger partial charge in [0.15, 0.2) is 10.9 Å². The zero-order valence-electron chi connectivity index (χ0n) is 18.3. The van der Waals surface area contributed by atoms with E-state index in [2.05, 4.69) is 4.98 Å². The van der Waals surface area contributed by atoms with Crippen molar-refractivity contribution >= 4 is 61.7 Å². The van der Waals surface area contributed by atoms with E-state index in [0.717, 1.165) is 4.70 Å². The van der Waals surface area contributed by atoms with Gasteiger partial charge in [-0.3, -0.25) is 19.3 Å². The van der Waals surface area contributed by atoms with Crippen LogP contribution in [0.15, 0.2) is 72.8 Å². The molecule has 0 N–H and O–H groups in total. The first kappa shape index (κ1) is 22.9. The van der Waals surface area contributed by atoms with Crippen LogP contribution in [0.1, 0.15) is 32.3 Å². The molecule has 1 aromatic heterocycles. The number of anilines is 1. The number of fused-ring (bicyclic) bond motifs is 1. The quantitative estimate of drug-likeness (QED) is 0.166. The van der Waals surface area contributed by atoms with Gasteiger partial charge in [0.05, 0.1) is 28.9 Å². The van der Waals surface area contributed by atoms with Gasteiger partial charge < -0.3 is 4.74 Å². The first-order chi connectivity index (χ1) is 16.9. The van der Waals surface area contributed by atoms with Crippen LogP contribution < -0.4 is 4.90 Å². The molecule has 7 nitrogen and oxygen atoms in total. The average molecular weight is 505 g/mol. The highest BCUT2D eigenvalue weighted by molar-refractivity contribution is 7.22. The maximum atomic E-state index is 13.5. The topological polar surface area (TPSA) is 93.6 Å². The number of benzene rings is 3. The summed E-state index contributed by atoms with van der Waals surface area (Å²) in [4.78, 5) is 57.8. The van der Waals surface area contributed by atoms with Crippen molar-refractivity contribution in [2.24, 2.45) is 5.92 Å². The fourth-order valence-electron chi connectivity index (χ4n) is 4.17. The highest BCUT2D eigenvalue weighted by Crippen LogP contribution is 2.43. The molecule has 0 spiro atoms. The molecule has 0 saturated carbocycles. The van der Waals surface area contributed by atoms with Crippen molar-refractivity contribution in [1.29, 1.82) is 0 Å². The summed E-state index contributed by atoms with van der Waals surface area (Å²) in [7, 11) is 1.28. The second-order valence-electron chi connectivity index (χ2n) is 7.91. The molecule has 1 aliphatic rings. The van der Waals surface area contributed by atoms with E-state index in [1.165, 1.54) is 47.6 Å².